The van der Waals surface area contributed by atoms with Gasteiger partial charge in [0, 0.05) is 36.2 Å². The van der Waals surface area contributed by atoms with Gasteiger partial charge in [0.1, 0.15) is 0 Å². The van der Waals surface area contributed by atoms with Gasteiger partial charge in [-0.2, -0.15) is 5.26 Å². The van der Waals surface area contributed by atoms with E-state index in [1.54, 1.807) is 12.1 Å². The summed E-state index contributed by atoms with van der Waals surface area (Å²) in [4.78, 5) is 13.7. The maximum Gasteiger partial charge on any atom is 0.222 e. The monoisotopic (exact) mass is 383 g/mol. The lowest BCUT2D eigenvalue weighted by atomic mass is 10.1. The first-order chi connectivity index (χ1) is 11.7. The second kappa shape index (κ2) is 7.50. The number of halogens is 1. The van der Waals surface area contributed by atoms with E-state index in [0.29, 0.717) is 25.1 Å². The number of nitrogens with one attached hydrogen (secondary N) is 1. The zero-order valence-corrected chi connectivity index (χ0v) is 14.8. The molecule has 0 bridgehead atoms. The van der Waals surface area contributed by atoms with Gasteiger partial charge in [-0.25, -0.2) is 0 Å². The van der Waals surface area contributed by atoms with Gasteiger partial charge in [0.15, 0.2) is 0 Å². The first-order valence-electron chi connectivity index (χ1n) is 7.95. The fraction of sp³-hybridized carbons (Fsp3) is 0.263. The first kappa shape index (κ1) is 16.5. The lowest BCUT2D eigenvalue weighted by molar-refractivity contribution is -0.128. The number of nitrogens with zero attached hydrogens (tertiary/aromatic N) is 2. The summed E-state index contributed by atoms with van der Waals surface area (Å²) in [5.74, 6) is 0.250. The number of carbonyl (C=O) groups excluding carboxylic acids is 1. The van der Waals surface area contributed by atoms with E-state index in [4.69, 9.17) is 5.26 Å². The molecule has 122 valence electrons. The van der Waals surface area contributed by atoms with Crippen molar-refractivity contribution in [2.75, 3.05) is 11.9 Å². The second-order valence-corrected chi connectivity index (χ2v) is 6.75. The Morgan fingerprint density at radius 3 is 2.75 bits per heavy atom. The van der Waals surface area contributed by atoms with Gasteiger partial charge in [-0.3, -0.25) is 4.79 Å². The Morgan fingerprint density at radius 2 is 2.04 bits per heavy atom. The van der Waals surface area contributed by atoms with Gasteiger partial charge < -0.3 is 10.2 Å². The van der Waals surface area contributed by atoms with Gasteiger partial charge >= 0.3 is 0 Å². The van der Waals surface area contributed by atoms with Crippen LogP contribution >= 0.6 is 15.9 Å². The smallest absolute Gasteiger partial charge is 0.222 e. The van der Waals surface area contributed by atoms with E-state index in [9.17, 15) is 4.79 Å². The molecule has 5 heteroatoms. The summed E-state index contributed by atoms with van der Waals surface area (Å²) in [5, 5.41) is 12.3. The van der Waals surface area contributed by atoms with Crippen molar-refractivity contribution in [3.05, 3.63) is 63.6 Å². The number of anilines is 1. The lowest BCUT2D eigenvalue weighted by Crippen LogP contribution is -2.23. The fourth-order valence-corrected chi connectivity index (χ4v) is 3.37. The molecule has 0 spiro atoms. The summed E-state index contributed by atoms with van der Waals surface area (Å²) in [6.07, 6.45) is 1.64. The van der Waals surface area contributed by atoms with Crippen molar-refractivity contribution in [3.8, 4) is 6.07 Å². The maximum absolute atomic E-state index is 11.7. The molecule has 3 rings (SSSR count). The van der Waals surface area contributed by atoms with Crippen LogP contribution in [0.25, 0.3) is 0 Å². The Bertz CT molecular complexity index is 797. The number of likely N-dealkylation sites (tertiary alicyclic amines) is 1. The van der Waals surface area contributed by atoms with Gasteiger partial charge in [-0.1, -0.05) is 24.3 Å². The van der Waals surface area contributed by atoms with Crippen LogP contribution in [0.3, 0.4) is 0 Å². The molecular formula is C19H18BrN3O. The first-order valence-corrected chi connectivity index (χ1v) is 8.74. The lowest BCUT2D eigenvalue weighted by Gasteiger charge is -2.16. The van der Waals surface area contributed by atoms with E-state index in [2.05, 4.69) is 45.5 Å². The Labute approximate surface area is 150 Å². The number of nitriles is 1. The van der Waals surface area contributed by atoms with E-state index in [-0.39, 0.29) is 5.91 Å². The van der Waals surface area contributed by atoms with E-state index in [0.717, 1.165) is 34.3 Å². The van der Waals surface area contributed by atoms with Crippen LogP contribution in [0, 0.1) is 11.3 Å². The third-order valence-electron chi connectivity index (χ3n) is 4.12. The molecule has 1 saturated heterocycles. The summed E-state index contributed by atoms with van der Waals surface area (Å²) in [7, 11) is 0. The average Bonchev–Trinajstić information content (AvgIpc) is 2.99. The highest BCUT2D eigenvalue weighted by atomic mass is 79.9. The minimum absolute atomic E-state index is 0.250. The molecule has 1 aliphatic heterocycles. The summed E-state index contributed by atoms with van der Waals surface area (Å²) < 4.78 is 0.875. The molecule has 1 aliphatic rings. The molecule has 0 atom stereocenters. The standard InChI is InChI=1S/C19H18BrN3O/c20-17-10-14(11-21)6-7-18(17)22-12-15-3-1-4-16(9-15)13-23-8-2-5-19(23)24/h1,3-4,6-7,9-10,22H,2,5,8,12-13H2. The number of hydrogen-bond acceptors (Lipinski definition) is 3. The SMILES string of the molecule is N#Cc1ccc(NCc2cccc(CN3CCCC3=O)c2)c(Br)c1. The van der Waals surface area contributed by atoms with Crippen LogP contribution in [0.15, 0.2) is 46.9 Å². The zero-order valence-electron chi connectivity index (χ0n) is 13.3. The molecule has 1 N–H and O–H groups in total. The van der Waals surface area contributed by atoms with Crippen molar-refractivity contribution in [1.82, 2.24) is 4.90 Å². The van der Waals surface area contributed by atoms with Crippen LogP contribution in [0.5, 0.6) is 0 Å². The highest BCUT2D eigenvalue weighted by Gasteiger charge is 2.19. The number of carbonyl (C=O) groups is 1. The zero-order chi connectivity index (χ0) is 16.9. The quantitative estimate of drug-likeness (QED) is 0.846. The molecule has 0 aliphatic carbocycles. The molecule has 1 fully saturated rings. The largest absolute Gasteiger partial charge is 0.380 e. The Hall–Kier alpha value is -2.32. The van der Waals surface area contributed by atoms with Gasteiger partial charge in [0.2, 0.25) is 5.91 Å². The van der Waals surface area contributed by atoms with Gasteiger partial charge in [-0.05, 0) is 51.7 Å². The number of benzene rings is 2. The van der Waals surface area contributed by atoms with E-state index in [1.165, 1.54) is 0 Å². The second-order valence-electron chi connectivity index (χ2n) is 5.90. The highest BCUT2D eigenvalue weighted by molar-refractivity contribution is 9.10. The summed E-state index contributed by atoms with van der Waals surface area (Å²) in [6.45, 7) is 2.24. The predicted octanol–water partition coefficient (Wildman–Crippen LogP) is 4.06. The molecule has 2 aromatic carbocycles. The van der Waals surface area contributed by atoms with Crippen LogP contribution < -0.4 is 5.32 Å². The fourth-order valence-electron chi connectivity index (χ4n) is 2.85. The maximum atomic E-state index is 11.7. The summed E-state index contributed by atoms with van der Waals surface area (Å²) in [5.41, 5.74) is 3.90. The average molecular weight is 384 g/mol. The van der Waals surface area contributed by atoms with E-state index < -0.39 is 0 Å². The molecule has 1 amide bonds. The van der Waals surface area contributed by atoms with Gasteiger partial charge in [0.05, 0.1) is 11.6 Å². The van der Waals surface area contributed by atoms with Crippen molar-refractivity contribution in [1.29, 1.82) is 5.26 Å². The third kappa shape index (κ3) is 3.95. The molecule has 1 heterocycles. The van der Waals surface area contributed by atoms with Crippen molar-refractivity contribution in [2.45, 2.75) is 25.9 Å². The van der Waals surface area contributed by atoms with Crippen molar-refractivity contribution in [2.24, 2.45) is 0 Å². The van der Waals surface area contributed by atoms with E-state index in [1.807, 2.05) is 17.0 Å². The summed E-state index contributed by atoms with van der Waals surface area (Å²) in [6, 6.07) is 15.9. The minimum Gasteiger partial charge on any atom is -0.380 e. The molecule has 0 saturated carbocycles. The minimum atomic E-state index is 0.250. The number of hydrogen-bond donors (Lipinski definition) is 1. The molecule has 0 radical (unpaired) electrons. The Balaban J connectivity index is 1.64. The molecule has 2 aromatic rings. The van der Waals surface area contributed by atoms with Gasteiger partial charge in [-0.15, -0.1) is 0 Å². The number of rotatable bonds is 5. The van der Waals surface area contributed by atoms with Crippen LogP contribution in [0.2, 0.25) is 0 Å². The van der Waals surface area contributed by atoms with Crippen molar-refractivity contribution >= 4 is 27.5 Å². The van der Waals surface area contributed by atoms with Crippen LogP contribution in [-0.4, -0.2) is 17.4 Å². The molecule has 0 aromatic heterocycles. The molecule has 4 nitrogen and oxygen atoms in total. The van der Waals surface area contributed by atoms with Gasteiger partial charge in [0.25, 0.3) is 0 Å². The van der Waals surface area contributed by atoms with Crippen molar-refractivity contribution in [3.63, 3.8) is 0 Å². The van der Waals surface area contributed by atoms with Crippen LogP contribution in [0.1, 0.15) is 29.5 Å². The van der Waals surface area contributed by atoms with Crippen molar-refractivity contribution < 1.29 is 4.79 Å². The topological polar surface area (TPSA) is 56.1 Å². The predicted molar refractivity (Wildman–Crippen MR) is 97.3 cm³/mol. The molecule has 24 heavy (non-hydrogen) atoms. The highest BCUT2D eigenvalue weighted by Crippen LogP contribution is 2.24. The Morgan fingerprint density at radius 1 is 1.21 bits per heavy atom. The number of amides is 1. The summed E-state index contributed by atoms with van der Waals surface area (Å²) >= 11 is 3.48. The normalized spacial score (nSPS) is 13.8. The molecule has 0 unspecified atom stereocenters. The van der Waals surface area contributed by atoms with Crippen LogP contribution in [0.4, 0.5) is 5.69 Å². The Kier molecular flexibility index (Phi) is 5.17. The third-order valence-corrected chi connectivity index (χ3v) is 4.77. The molecular weight excluding hydrogens is 366 g/mol. The van der Waals surface area contributed by atoms with E-state index >= 15 is 0 Å². The van der Waals surface area contributed by atoms with Crippen LogP contribution in [-0.2, 0) is 17.9 Å².